The van der Waals surface area contributed by atoms with Crippen LogP contribution >= 0.6 is 0 Å². The Morgan fingerprint density at radius 2 is 2.33 bits per heavy atom. The molecule has 4 atom stereocenters. The molecule has 8 heteroatoms. The normalized spacial score (nSPS) is 35.9. The van der Waals surface area contributed by atoms with Crippen LogP contribution in [0.2, 0.25) is 0 Å². The van der Waals surface area contributed by atoms with E-state index < -0.39 is 36.3 Å². The molecule has 1 aromatic heterocycles. The summed E-state index contributed by atoms with van der Waals surface area (Å²) in [6.07, 6.45) is -2.09. The average molecular weight is 257 g/mol. The first-order chi connectivity index (χ1) is 8.37. The van der Waals surface area contributed by atoms with Gasteiger partial charge in [-0.05, 0) is 13.0 Å². The molecule has 1 aliphatic rings. The molecule has 5 N–H and O–H groups in total. The third kappa shape index (κ3) is 1.89. The van der Waals surface area contributed by atoms with Crippen LogP contribution in [-0.4, -0.2) is 49.3 Å². The van der Waals surface area contributed by atoms with E-state index in [1.807, 2.05) is 0 Å². The molecule has 8 nitrogen and oxygen atoms in total. The first-order valence-electron chi connectivity index (χ1n) is 5.39. The second-order valence-corrected chi connectivity index (χ2v) is 4.42. The molecule has 0 bridgehead atoms. The van der Waals surface area contributed by atoms with Gasteiger partial charge in [0.15, 0.2) is 6.23 Å². The summed E-state index contributed by atoms with van der Waals surface area (Å²) in [7, 11) is 0. The van der Waals surface area contributed by atoms with Crippen LogP contribution in [0.3, 0.4) is 0 Å². The molecular weight excluding hydrogens is 242 g/mol. The molecule has 2 unspecified atom stereocenters. The Hall–Kier alpha value is -1.48. The van der Waals surface area contributed by atoms with Gasteiger partial charge in [0.25, 0.3) is 0 Å². The van der Waals surface area contributed by atoms with Crippen molar-refractivity contribution in [3.05, 3.63) is 22.7 Å². The first kappa shape index (κ1) is 13.0. The van der Waals surface area contributed by atoms with Gasteiger partial charge in [0, 0.05) is 6.20 Å². The molecule has 100 valence electrons. The summed E-state index contributed by atoms with van der Waals surface area (Å²) in [6, 6.07) is 1.37. The van der Waals surface area contributed by atoms with Crippen molar-refractivity contribution in [3.63, 3.8) is 0 Å². The number of nitrogens with two attached hydrogens (primary N) is 1. The van der Waals surface area contributed by atoms with Gasteiger partial charge < -0.3 is 25.8 Å². The van der Waals surface area contributed by atoms with E-state index in [2.05, 4.69) is 4.98 Å². The highest BCUT2D eigenvalue weighted by atomic mass is 16.6. The van der Waals surface area contributed by atoms with E-state index in [0.717, 1.165) is 4.57 Å². The van der Waals surface area contributed by atoms with Gasteiger partial charge in [-0.2, -0.15) is 4.98 Å². The Morgan fingerprint density at radius 1 is 1.67 bits per heavy atom. The summed E-state index contributed by atoms with van der Waals surface area (Å²) in [5.74, 6) is 0.0492. The van der Waals surface area contributed by atoms with E-state index >= 15 is 0 Å². The summed E-state index contributed by atoms with van der Waals surface area (Å²) < 4.78 is 6.30. The van der Waals surface area contributed by atoms with Crippen molar-refractivity contribution in [1.29, 1.82) is 0 Å². The zero-order valence-electron chi connectivity index (χ0n) is 9.72. The molecule has 1 aliphatic heterocycles. The molecule has 1 saturated heterocycles. The highest BCUT2D eigenvalue weighted by Crippen LogP contribution is 2.37. The van der Waals surface area contributed by atoms with Crippen molar-refractivity contribution < 1.29 is 20.1 Å². The molecule has 1 fully saturated rings. The largest absolute Gasteiger partial charge is 0.394 e. The lowest BCUT2D eigenvalue weighted by atomic mass is 9.96. The molecule has 0 spiro atoms. The molecule has 0 saturated carbocycles. The maximum Gasteiger partial charge on any atom is 0.351 e. The lowest BCUT2D eigenvalue weighted by Crippen LogP contribution is -2.46. The molecule has 2 heterocycles. The minimum absolute atomic E-state index is 0.0492. The number of aliphatic hydroxyl groups is 3. The van der Waals surface area contributed by atoms with Gasteiger partial charge in [0.2, 0.25) is 0 Å². The number of anilines is 1. The smallest absolute Gasteiger partial charge is 0.351 e. The number of nitrogens with zero attached hydrogens (tertiary/aromatic N) is 2. The zero-order chi connectivity index (χ0) is 13.5. The summed E-state index contributed by atoms with van der Waals surface area (Å²) in [6.45, 7) is 0.853. The lowest BCUT2D eigenvalue weighted by molar-refractivity contribution is -0.0986. The second kappa shape index (κ2) is 4.32. The quantitative estimate of drug-likeness (QED) is 0.474. The zero-order valence-corrected chi connectivity index (χ0v) is 9.72. The third-order valence-corrected chi connectivity index (χ3v) is 3.04. The topological polar surface area (TPSA) is 131 Å². The summed E-state index contributed by atoms with van der Waals surface area (Å²) >= 11 is 0. The lowest BCUT2D eigenvalue weighted by Gasteiger charge is -2.27. The van der Waals surface area contributed by atoms with Crippen molar-refractivity contribution in [1.82, 2.24) is 9.55 Å². The van der Waals surface area contributed by atoms with Crippen LogP contribution in [0.15, 0.2) is 17.1 Å². The fourth-order valence-corrected chi connectivity index (χ4v) is 1.99. The Bertz CT molecular complexity index is 501. The highest BCUT2D eigenvalue weighted by molar-refractivity contribution is 5.23. The minimum atomic E-state index is -1.71. The molecule has 0 radical (unpaired) electrons. The van der Waals surface area contributed by atoms with Gasteiger partial charge in [-0.1, -0.05) is 0 Å². The van der Waals surface area contributed by atoms with Crippen LogP contribution < -0.4 is 11.4 Å². The number of ether oxygens (including phenoxy) is 1. The Kier molecular flexibility index (Phi) is 3.11. The number of aliphatic hydroxyl groups excluding tert-OH is 2. The predicted octanol–water partition coefficient (Wildman–Crippen LogP) is -2.17. The maximum absolute atomic E-state index is 11.7. The van der Waals surface area contributed by atoms with E-state index in [4.69, 9.17) is 15.6 Å². The number of hydrogen-bond donors (Lipinski definition) is 4. The summed E-state index contributed by atoms with van der Waals surface area (Å²) in [4.78, 5) is 15.2. The standard InChI is InChI=1S/C10H15N3O5/c1-10(17)7(15)5(4-14)18-8(10)13-3-2-6(11)12-9(13)16/h2-3,5,7-8,14-15,17H,4H2,1H3,(H2,11,12,16)/t5?,7-,8?,10-/m1/s1. The van der Waals surface area contributed by atoms with E-state index in [1.165, 1.54) is 19.2 Å². The third-order valence-electron chi connectivity index (χ3n) is 3.04. The summed E-state index contributed by atoms with van der Waals surface area (Å²) in [5, 5.41) is 29.0. The molecule has 18 heavy (non-hydrogen) atoms. The first-order valence-corrected chi connectivity index (χ1v) is 5.39. The molecule has 0 amide bonds. The van der Waals surface area contributed by atoms with Crippen molar-refractivity contribution in [2.24, 2.45) is 0 Å². The van der Waals surface area contributed by atoms with Crippen molar-refractivity contribution in [2.75, 3.05) is 12.3 Å². The second-order valence-electron chi connectivity index (χ2n) is 4.42. The Balaban J connectivity index is 2.42. The maximum atomic E-state index is 11.7. The Labute approximate surface area is 102 Å². The van der Waals surface area contributed by atoms with Gasteiger partial charge in [0.1, 0.15) is 23.6 Å². The van der Waals surface area contributed by atoms with Crippen LogP contribution in [0.25, 0.3) is 0 Å². The molecule has 0 aliphatic carbocycles. The predicted molar refractivity (Wildman–Crippen MR) is 60.5 cm³/mol. The number of hydrogen-bond acceptors (Lipinski definition) is 7. The number of rotatable bonds is 2. The SMILES string of the molecule is C[C@]1(O)C(n2ccc(N)nc2=O)OC(CO)[C@H]1O. The fourth-order valence-electron chi connectivity index (χ4n) is 1.99. The van der Waals surface area contributed by atoms with E-state index in [-0.39, 0.29) is 5.82 Å². The minimum Gasteiger partial charge on any atom is -0.394 e. The van der Waals surface area contributed by atoms with Gasteiger partial charge in [-0.3, -0.25) is 4.57 Å². The summed E-state index contributed by atoms with van der Waals surface area (Å²) in [5.41, 5.74) is 2.94. The van der Waals surface area contributed by atoms with Crippen molar-refractivity contribution in [3.8, 4) is 0 Å². The monoisotopic (exact) mass is 257 g/mol. The number of nitrogen functional groups attached to an aromatic ring is 1. The van der Waals surface area contributed by atoms with Crippen LogP contribution in [0.5, 0.6) is 0 Å². The van der Waals surface area contributed by atoms with Gasteiger partial charge in [0.05, 0.1) is 6.61 Å². The van der Waals surface area contributed by atoms with Crippen molar-refractivity contribution in [2.45, 2.75) is 31.0 Å². The van der Waals surface area contributed by atoms with Gasteiger partial charge in [-0.25, -0.2) is 4.79 Å². The van der Waals surface area contributed by atoms with E-state index in [1.54, 1.807) is 0 Å². The molecular formula is C10H15N3O5. The Morgan fingerprint density at radius 3 is 2.83 bits per heavy atom. The van der Waals surface area contributed by atoms with Gasteiger partial charge >= 0.3 is 5.69 Å². The van der Waals surface area contributed by atoms with Crippen LogP contribution in [-0.2, 0) is 4.74 Å². The van der Waals surface area contributed by atoms with Crippen LogP contribution in [0.1, 0.15) is 13.2 Å². The molecule has 2 rings (SSSR count). The molecule has 1 aromatic rings. The van der Waals surface area contributed by atoms with Crippen molar-refractivity contribution >= 4 is 5.82 Å². The fraction of sp³-hybridized carbons (Fsp3) is 0.600. The number of aromatic nitrogens is 2. The van der Waals surface area contributed by atoms with E-state index in [9.17, 15) is 15.0 Å². The average Bonchev–Trinajstić information content (AvgIpc) is 2.52. The van der Waals surface area contributed by atoms with E-state index in [0.29, 0.717) is 0 Å². The van der Waals surface area contributed by atoms with Gasteiger partial charge in [-0.15, -0.1) is 0 Å². The van der Waals surface area contributed by atoms with Crippen LogP contribution in [0.4, 0.5) is 5.82 Å². The molecule has 0 aromatic carbocycles. The van der Waals surface area contributed by atoms with Crippen LogP contribution in [0, 0.1) is 0 Å². The highest BCUT2D eigenvalue weighted by Gasteiger charge is 2.53.